The van der Waals surface area contributed by atoms with Crippen LogP contribution in [0.25, 0.3) is 0 Å². The van der Waals surface area contributed by atoms with Crippen LogP contribution < -0.4 is 5.32 Å². The summed E-state index contributed by atoms with van der Waals surface area (Å²) in [5.74, 6) is -0.235. The largest absolute Gasteiger partial charge is 0.466 e. The number of rotatable bonds is 6. The van der Waals surface area contributed by atoms with Gasteiger partial charge in [-0.3, -0.25) is 14.5 Å². The zero-order chi connectivity index (χ0) is 15.9. The number of carbonyl (C=O) groups excluding carboxylic acids is 2. The van der Waals surface area contributed by atoms with Gasteiger partial charge < -0.3 is 10.1 Å². The lowest BCUT2D eigenvalue weighted by Crippen LogP contribution is -2.44. The molecule has 0 spiro atoms. The Kier molecular flexibility index (Phi) is 6.39. The summed E-state index contributed by atoms with van der Waals surface area (Å²) in [4.78, 5) is 27.2. The Bertz CT molecular complexity index is 490. The quantitative estimate of drug-likeness (QED) is 0.815. The highest BCUT2D eigenvalue weighted by Crippen LogP contribution is 2.19. The van der Waals surface area contributed by atoms with E-state index in [1.54, 1.807) is 11.3 Å². The summed E-state index contributed by atoms with van der Waals surface area (Å²) >= 11 is 1.64. The second-order valence-corrected chi connectivity index (χ2v) is 6.61. The van der Waals surface area contributed by atoms with Crippen LogP contribution in [0, 0.1) is 5.92 Å². The molecule has 1 N–H and O–H groups in total. The average molecular weight is 324 g/mol. The van der Waals surface area contributed by atoms with Crippen LogP contribution in [0.3, 0.4) is 0 Å². The molecule has 2 atom stereocenters. The SMILES string of the molecule is CCOC(=O)[C@H]1CCCN(CC(=O)N[C@H](C)c2cccs2)C1. The van der Waals surface area contributed by atoms with E-state index in [-0.39, 0.29) is 23.8 Å². The van der Waals surface area contributed by atoms with Gasteiger partial charge in [0.25, 0.3) is 0 Å². The maximum absolute atomic E-state index is 12.2. The lowest BCUT2D eigenvalue weighted by molar-refractivity contribution is -0.150. The molecule has 0 aliphatic carbocycles. The first-order valence-electron chi connectivity index (χ1n) is 7.82. The summed E-state index contributed by atoms with van der Waals surface area (Å²) in [6.07, 6.45) is 1.78. The van der Waals surface area contributed by atoms with Gasteiger partial charge in [0, 0.05) is 11.4 Å². The molecule has 0 unspecified atom stereocenters. The fourth-order valence-corrected chi connectivity index (χ4v) is 3.49. The van der Waals surface area contributed by atoms with Crippen LogP contribution in [0.5, 0.6) is 0 Å². The highest BCUT2D eigenvalue weighted by atomic mass is 32.1. The lowest BCUT2D eigenvalue weighted by Gasteiger charge is -2.31. The van der Waals surface area contributed by atoms with Crippen molar-refractivity contribution < 1.29 is 14.3 Å². The van der Waals surface area contributed by atoms with Crippen molar-refractivity contribution in [3.8, 4) is 0 Å². The van der Waals surface area contributed by atoms with Crippen LogP contribution in [-0.4, -0.2) is 43.0 Å². The van der Waals surface area contributed by atoms with Gasteiger partial charge in [0.1, 0.15) is 0 Å². The third-order valence-corrected chi connectivity index (χ3v) is 4.90. The summed E-state index contributed by atoms with van der Waals surface area (Å²) < 4.78 is 5.08. The van der Waals surface area contributed by atoms with Gasteiger partial charge in [-0.2, -0.15) is 0 Å². The van der Waals surface area contributed by atoms with Gasteiger partial charge in [-0.05, 0) is 44.7 Å². The maximum atomic E-state index is 12.2. The Morgan fingerprint density at radius 1 is 1.55 bits per heavy atom. The molecule has 22 heavy (non-hydrogen) atoms. The van der Waals surface area contributed by atoms with Gasteiger partial charge in [-0.25, -0.2) is 0 Å². The van der Waals surface area contributed by atoms with E-state index in [4.69, 9.17) is 4.74 Å². The van der Waals surface area contributed by atoms with E-state index < -0.39 is 0 Å². The van der Waals surface area contributed by atoms with Gasteiger partial charge in [0.05, 0.1) is 25.1 Å². The van der Waals surface area contributed by atoms with E-state index in [1.165, 1.54) is 0 Å². The Morgan fingerprint density at radius 3 is 3.05 bits per heavy atom. The summed E-state index contributed by atoms with van der Waals surface area (Å²) in [5.41, 5.74) is 0. The standard InChI is InChI=1S/C16H24N2O3S/c1-3-21-16(20)13-6-4-8-18(10-13)11-15(19)17-12(2)14-7-5-9-22-14/h5,7,9,12-13H,3-4,6,8,10-11H2,1-2H3,(H,17,19)/t12-,13+/m1/s1. The highest BCUT2D eigenvalue weighted by Gasteiger charge is 2.27. The molecule has 6 heteroatoms. The summed E-state index contributed by atoms with van der Waals surface area (Å²) in [5, 5.41) is 5.02. The number of hydrogen-bond acceptors (Lipinski definition) is 5. The number of nitrogens with one attached hydrogen (secondary N) is 1. The Hall–Kier alpha value is -1.40. The summed E-state index contributed by atoms with van der Waals surface area (Å²) in [6.45, 7) is 6.02. The smallest absolute Gasteiger partial charge is 0.310 e. The number of ether oxygens (including phenoxy) is 1. The number of likely N-dealkylation sites (tertiary alicyclic amines) is 1. The topological polar surface area (TPSA) is 58.6 Å². The molecule has 1 aromatic rings. The fraction of sp³-hybridized carbons (Fsp3) is 0.625. The molecule has 122 valence electrons. The average Bonchev–Trinajstić information content (AvgIpc) is 3.02. The number of amides is 1. The number of carbonyl (C=O) groups is 2. The van der Waals surface area contributed by atoms with E-state index >= 15 is 0 Å². The molecule has 1 saturated heterocycles. The predicted molar refractivity (Wildman–Crippen MR) is 86.7 cm³/mol. The minimum atomic E-state index is -0.139. The second-order valence-electron chi connectivity index (χ2n) is 5.63. The summed E-state index contributed by atoms with van der Waals surface area (Å²) in [6, 6.07) is 4.03. The first-order valence-corrected chi connectivity index (χ1v) is 8.70. The monoisotopic (exact) mass is 324 g/mol. The Labute approximate surface area is 135 Å². The van der Waals surface area contributed by atoms with Gasteiger partial charge in [0.15, 0.2) is 0 Å². The van der Waals surface area contributed by atoms with Crippen LogP contribution in [-0.2, 0) is 14.3 Å². The van der Waals surface area contributed by atoms with Crippen molar-refractivity contribution in [2.24, 2.45) is 5.92 Å². The van der Waals surface area contributed by atoms with Crippen LogP contribution in [0.15, 0.2) is 17.5 Å². The van der Waals surface area contributed by atoms with Crippen LogP contribution in [0.2, 0.25) is 0 Å². The molecule has 1 aromatic heterocycles. The third kappa shape index (κ3) is 4.81. The predicted octanol–water partition coefficient (Wildman–Crippen LogP) is 2.20. The number of piperidine rings is 1. The molecule has 0 radical (unpaired) electrons. The first kappa shape index (κ1) is 17.0. The molecule has 2 heterocycles. The minimum absolute atomic E-state index is 0.00501. The van der Waals surface area contributed by atoms with Crippen molar-refractivity contribution in [3.05, 3.63) is 22.4 Å². The number of nitrogens with zero attached hydrogens (tertiary/aromatic N) is 1. The van der Waals surface area contributed by atoms with Gasteiger partial charge in [-0.1, -0.05) is 6.07 Å². The van der Waals surface area contributed by atoms with Crippen molar-refractivity contribution in [1.29, 1.82) is 0 Å². The normalized spacial score (nSPS) is 20.4. The molecule has 0 aromatic carbocycles. The minimum Gasteiger partial charge on any atom is -0.466 e. The molecule has 5 nitrogen and oxygen atoms in total. The van der Waals surface area contributed by atoms with Crippen molar-refractivity contribution >= 4 is 23.2 Å². The summed E-state index contributed by atoms with van der Waals surface area (Å²) in [7, 11) is 0. The van der Waals surface area contributed by atoms with Crippen molar-refractivity contribution in [3.63, 3.8) is 0 Å². The van der Waals surface area contributed by atoms with E-state index in [0.717, 1.165) is 24.3 Å². The zero-order valence-corrected chi connectivity index (χ0v) is 14.0. The van der Waals surface area contributed by atoms with Gasteiger partial charge in [-0.15, -0.1) is 11.3 Å². The van der Waals surface area contributed by atoms with E-state index in [0.29, 0.717) is 19.7 Å². The molecular formula is C16H24N2O3S. The van der Waals surface area contributed by atoms with E-state index in [1.807, 2.05) is 36.3 Å². The van der Waals surface area contributed by atoms with Crippen LogP contribution in [0.4, 0.5) is 0 Å². The molecule has 2 rings (SSSR count). The molecule has 1 aliphatic rings. The number of esters is 1. The molecular weight excluding hydrogens is 300 g/mol. The van der Waals surface area contributed by atoms with E-state index in [9.17, 15) is 9.59 Å². The van der Waals surface area contributed by atoms with Crippen LogP contribution in [0.1, 0.15) is 37.6 Å². The molecule has 0 bridgehead atoms. The zero-order valence-electron chi connectivity index (χ0n) is 13.2. The molecule has 1 amide bonds. The third-order valence-electron chi connectivity index (χ3n) is 3.84. The maximum Gasteiger partial charge on any atom is 0.310 e. The Balaban J connectivity index is 1.79. The van der Waals surface area contributed by atoms with E-state index in [2.05, 4.69) is 5.32 Å². The van der Waals surface area contributed by atoms with Gasteiger partial charge in [0.2, 0.25) is 5.91 Å². The molecule has 0 saturated carbocycles. The fourth-order valence-electron chi connectivity index (χ4n) is 2.75. The first-order chi connectivity index (χ1) is 10.6. The highest BCUT2D eigenvalue weighted by molar-refractivity contribution is 7.10. The molecule has 1 fully saturated rings. The van der Waals surface area contributed by atoms with Crippen molar-refractivity contribution in [2.75, 3.05) is 26.2 Å². The van der Waals surface area contributed by atoms with Crippen LogP contribution >= 0.6 is 11.3 Å². The second kappa shape index (κ2) is 8.29. The molecule has 1 aliphatic heterocycles. The lowest BCUT2D eigenvalue weighted by atomic mass is 9.98. The van der Waals surface area contributed by atoms with Crippen molar-refractivity contribution in [2.45, 2.75) is 32.7 Å². The number of thiophene rings is 1. The number of hydrogen-bond donors (Lipinski definition) is 1. The van der Waals surface area contributed by atoms with Gasteiger partial charge >= 0.3 is 5.97 Å². The Morgan fingerprint density at radius 2 is 2.36 bits per heavy atom. The van der Waals surface area contributed by atoms with Crippen molar-refractivity contribution in [1.82, 2.24) is 10.2 Å².